The predicted octanol–water partition coefficient (Wildman–Crippen LogP) is 3.74. The first-order valence-corrected chi connectivity index (χ1v) is 10.5. The van der Waals surface area contributed by atoms with Crippen LogP contribution in [0.25, 0.3) is 0 Å². The predicted molar refractivity (Wildman–Crippen MR) is 113 cm³/mol. The molecule has 0 bridgehead atoms. The third-order valence-electron chi connectivity index (χ3n) is 5.88. The van der Waals surface area contributed by atoms with Crippen LogP contribution >= 0.6 is 11.6 Å². The van der Waals surface area contributed by atoms with E-state index in [2.05, 4.69) is 11.0 Å². The van der Waals surface area contributed by atoms with Crippen molar-refractivity contribution in [3.63, 3.8) is 0 Å². The summed E-state index contributed by atoms with van der Waals surface area (Å²) in [4.78, 5) is 17.6. The first-order chi connectivity index (χ1) is 14.1. The molecule has 2 aliphatic rings. The van der Waals surface area contributed by atoms with Crippen LogP contribution in [0.4, 0.5) is 0 Å². The molecular weight excluding hydrogens is 388 g/mol. The number of methoxy groups -OCH3 is 1. The van der Waals surface area contributed by atoms with Gasteiger partial charge in [0.05, 0.1) is 13.7 Å². The minimum atomic E-state index is -0.679. The Hall–Kier alpha value is -2.08. The van der Waals surface area contributed by atoms with Gasteiger partial charge in [-0.15, -0.1) is 0 Å². The average Bonchev–Trinajstić information content (AvgIpc) is 2.73. The lowest BCUT2D eigenvalue weighted by atomic mass is 9.88. The third-order valence-corrected chi connectivity index (χ3v) is 6.12. The second-order valence-corrected chi connectivity index (χ2v) is 8.26. The van der Waals surface area contributed by atoms with E-state index in [9.17, 15) is 4.79 Å². The maximum absolute atomic E-state index is 13.3. The zero-order valence-electron chi connectivity index (χ0n) is 16.8. The number of rotatable bonds is 5. The van der Waals surface area contributed by atoms with Gasteiger partial charge in [0.25, 0.3) is 5.91 Å². The number of ether oxygens (including phenoxy) is 2. The van der Waals surface area contributed by atoms with Gasteiger partial charge in [0.15, 0.2) is 0 Å². The van der Waals surface area contributed by atoms with Gasteiger partial charge in [-0.2, -0.15) is 0 Å². The number of carbonyl (C=O) groups is 1. The van der Waals surface area contributed by atoms with E-state index in [1.807, 2.05) is 47.4 Å². The molecule has 0 saturated carbocycles. The summed E-state index contributed by atoms with van der Waals surface area (Å²) in [5, 5.41) is 0.759. The molecule has 0 radical (unpaired) electrons. The Morgan fingerprint density at radius 2 is 1.76 bits per heavy atom. The molecule has 2 heterocycles. The van der Waals surface area contributed by atoms with E-state index in [1.165, 1.54) is 5.56 Å². The molecule has 2 aromatic rings. The summed E-state index contributed by atoms with van der Waals surface area (Å²) >= 11 is 6.10. The quantitative estimate of drug-likeness (QED) is 0.747. The summed E-state index contributed by atoms with van der Waals surface area (Å²) in [5.74, 6) is 0.932. The highest BCUT2D eigenvalue weighted by Gasteiger charge is 2.47. The van der Waals surface area contributed by atoms with E-state index in [4.69, 9.17) is 21.1 Å². The molecule has 0 atom stereocenters. The SMILES string of the molecule is COc1cccc(CN2CCOC3(CCN(Cc4cccc(Cl)c4)CC3)C2=O)c1. The van der Waals surface area contributed by atoms with E-state index in [-0.39, 0.29) is 5.91 Å². The summed E-state index contributed by atoms with van der Waals surface area (Å²) in [6, 6.07) is 15.9. The Bertz CT molecular complexity index is 865. The Morgan fingerprint density at radius 3 is 2.48 bits per heavy atom. The van der Waals surface area contributed by atoms with Crippen LogP contribution in [0.3, 0.4) is 0 Å². The number of likely N-dealkylation sites (tertiary alicyclic amines) is 1. The van der Waals surface area contributed by atoms with E-state index >= 15 is 0 Å². The van der Waals surface area contributed by atoms with Gasteiger partial charge in [-0.25, -0.2) is 0 Å². The molecule has 2 fully saturated rings. The number of amides is 1. The number of carbonyl (C=O) groups excluding carboxylic acids is 1. The van der Waals surface area contributed by atoms with Crippen molar-refractivity contribution in [3.05, 3.63) is 64.7 Å². The Balaban J connectivity index is 1.39. The summed E-state index contributed by atoms with van der Waals surface area (Å²) in [5.41, 5.74) is 1.60. The van der Waals surface area contributed by atoms with Crippen molar-refractivity contribution < 1.29 is 14.3 Å². The van der Waals surface area contributed by atoms with Crippen molar-refractivity contribution in [2.45, 2.75) is 31.5 Å². The fourth-order valence-electron chi connectivity index (χ4n) is 4.27. The van der Waals surface area contributed by atoms with Crippen molar-refractivity contribution in [2.24, 2.45) is 0 Å². The second-order valence-electron chi connectivity index (χ2n) is 7.83. The highest BCUT2D eigenvalue weighted by atomic mass is 35.5. The van der Waals surface area contributed by atoms with Gasteiger partial charge < -0.3 is 14.4 Å². The monoisotopic (exact) mass is 414 g/mol. The molecule has 2 saturated heterocycles. The van der Waals surface area contributed by atoms with Gasteiger partial charge in [0, 0.05) is 37.7 Å². The van der Waals surface area contributed by atoms with Crippen molar-refractivity contribution in [3.8, 4) is 5.75 Å². The van der Waals surface area contributed by atoms with Gasteiger partial charge >= 0.3 is 0 Å². The zero-order chi connectivity index (χ0) is 20.3. The standard InChI is InChI=1S/C23H27ClN2O3/c1-28-21-7-3-5-19(15-21)17-26-12-13-29-23(22(26)27)8-10-25(11-9-23)16-18-4-2-6-20(24)14-18/h2-7,14-15H,8-13,16-17H2,1H3. The van der Waals surface area contributed by atoms with Crippen molar-refractivity contribution >= 4 is 17.5 Å². The van der Waals surface area contributed by atoms with E-state index in [1.54, 1.807) is 7.11 Å². The Kier molecular flexibility index (Phi) is 6.09. The largest absolute Gasteiger partial charge is 0.497 e. The molecule has 0 aromatic heterocycles. The number of hydrogen-bond acceptors (Lipinski definition) is 4. The van der Waals surface area contributed by atoms with Crippen molar-refractivity contribution in [1.29, 1.82) is 0 Å². The third kappa shape index (κ3) is 4.58. The molecule has 5 nitrogen and oxygen atoms in total. The Labute approximate surface area is 177 Å². The first kappa shape index (κ1) is 20.2. The van der Waals surface area contributed by atoms with Crippen LogP contribution in [0.2, 0.25) is 5.02 Å². The fraction of sp³-hybridized carbons (Fsp3) is 0.435. The number of nitrogens with zero attached hydrogens (tertiary/aromatic N) is 2. The first-order valence-electron chi connectivity index (χ1n) is 10.1. The molecule has 154 valence electrons. The molecule has 0 unspecified atom stereocenters. The normalized spacial score (nSPS) is 19.5. The van der Waals surface area contributed by atoms with Crippen LogP contribution < -0.4 is 4.74 Å². The molecule has 0 aliphatic carbocycles. The maximum atomic E-state index is 13.3. The van der Waals surface area contributed by atoms with E-state index < -0.39 is 5.60 Å². The summed E-state index contributed by atoms with van der Waals surface area (Å²) in [7, 11) is 1.66. The van der Waals surface area contributed by atoms with Gasteiger partial charge in [-0.05, 0) is 48.2 Å². The highest BCUT2D eigenvalue weighted by Crippen LogP contribution is 2.33. The zero-order valence-corrected chi connectivity index (χ0v) is 17.5. The molecule has 2 aliphatic heterocycles. The lowest BCUT2D eigenvalue weighted by Crippen LogP contribution is -2.60. The van der Waals surface area contributed by atoms with Crippen LogP contribution in [-0.4, -0.2) is 54.7 Å². The van der Waals surface area contributed by atoms with Crippen LogP contribution in [0.1, 0.15) is 24.0 Å². The van der Waals surface area contributed by atoms with Gasteiger partial charge in [-0.1, -0.05) is 35.9 Å². The minimum absolute atomic E-state index is 0.119. The molecule has 1 amide bonds. The second kappa shape index (κ2) is 8.74. The molecule has 6 heteroatoms. The summed E-state index contributed by atoms with van der Waals surface area (Å²) in [6.45, 7) is 4.33. The molecule has 4 rings (SSSR count). The minimum Gasteiger partial charge on any atom is -0.497 e. The van der Waals surface area contributed by atoms with Crippen molar-refractivity contribution in [2.75, 3.05) is 33.4 Å². The molecule has 1 spiro atoms. The van der Waals surface area contributed by atoms with Crippen LogP contribution in [0.15, 0.2) is 48.5 Å². The van der Waals surface area contributed by atoms with Crippen LogP contribution in [0, 0.1) is 0 Å². The van der Waals surface area contributed by atoms with Crippen LogP contribution in [-0.2, 0) is 22.6 Å². The number of morpholine rings is 1. The average molecular weight is 415 g/mol. The molecule has 0 N–H and O–H groups in total. The molecule has 2 aromatic carbocycles. The van der Waals surface area contributed by atoms with Gasteiger partial charge in [0.2, 0.25) is 0 Å². The maximum Gasteiger partial charge on any atom is 0.255 e. The molecular formula is C23H27ClN2O3. The highest BCUT2D eigenvalue weighted by molar-refractivity contribution is 6.30. The lowest BCUT2D eigenvalue weighted by Gasteiger charge is -2.46. The smallest absolute Gasteiger partial charge is 0.255 e. The summed E-state index contributed by atoms with van der Waals surface area (Å²) in [6.07, 6.45) is 1.45. The van der Waals surface area contributed by atoms with Crippen molar-refractivity contribution in [1.82, 2.24) is 9.80 Å². The molecule has 29 heavy (non-hydrogen) atoms. The number of piperidine rings is 1. The van der Waals surface area contributed by atoms with E-state index in [0.717, 1.165) is 48.8 Å². The van der Waals surface area contributed by atoms with Gasteiger partial charge in [0.1, 0.15) is 11.4 Å². The number of halogens is 1. The topological polar surface area (TPSA) is 42.0 Å². The lowest BCUT2D eigenvalue weighted by molar-refractivity contribution is -0.180. The summed E-state index contributed by atoms with van der Waals surface area (Å²) < 4.78 is 11.4. The van der Waals surface area contributed by atoms with Gasteiger partial charge in [-0.3, -0.25) is 9.69 Å². The number of hydrogen-bond donors (Lipinski definition) is 0. The number of benzene rings is 2. The Morgan fingerprint density at radius 1 is 1.03 bits per heavy atom. The van der Waals surface area contributed by atoms with Crippen LogP contribution in [0.5, 0.6) is 5.75 Å². The fourth-order valence-corrected chi connectivity index (χ4v) is 4.48. The van der Waals surface area contributed by atoms with E-state index in [0.29, 0.717) is 19.7 Å².